The van der Waals surface area contributed by atoms with Crippen molar-refractivity contribution in [3.8, 4) is 11.5 Å². The topological polar surface area (TPSA) is 97.2 Å². The van der Waals surface area contributed by atoms with Gasteiger partial charge < -0.3 is 19.9 Å². The Morgan fingerprint density at radius 2 is 2.03 bits per heavy atom. The van der Waals surface area contributed by atoms with Gasteiger partial charge in [0.1, 0.15) is 11.5 Å². The second-order valence-electron chi connectivity index (χ2n) is 5.75. The maximum absolute atomic E-state index is 13.7. The molecule has 1 saturated heterocycles. The summed E-state index contributed by atoms with van der Waals surface area (Å²) in [7, 11) is 0. The molecule has 7 nitrogen and oxygen atoms in total. The smallest absolute Gasteiger partial charge is 0.341 e. The van der Waals surface area contributed by atoms with Crippen LogP contribution in [0.15, 0.2) is 52.4 Å². The highest BCUT2D eigenvalue weighted by atomic mass is 32.2. The van der Waals surface area contributed by atoms with Crippen molar-refractivity contribution in [3.63, 3.8) is 0 Å². The predicted molar refractivity (Wildman–Crippen MR) is 108 cm³/mol. The number of carbonyl (C=O) groups excluding carboxylic acids is 1. The third-order valence-electron chi connectivity index (χ3n) is 3.64. The van der Waals surface area contributed by atoms with Crippen LogP contribution in [0.1, 0.15) is 12.5 Å². The molecule has 3 rings (SSSR count). The Balaban J connectivity index is 1.82. The summed E-state index contributed by atoms with van der Waals surface area (Å²) in [5.41, 5.74) is 0.788. The van der Waals surface area contributed by atoms with Crippen LogP contribution in [-0.2, 0) is 9.59 Å². The number of amidine groups is 1. The minimum Gasteiger partial charge on any atom is -0.490 e. The summed E-state index contributed by atoms with van der Waals surface area (Å²) in [6.45, 7) is 1.66. The minimum absolute atomic E-state index is 0.134. The molecule has 1 fully saturated rings. The summed E-state index contributed by atoms with van der Waals surface area (Å²) in [5, 5.41) is 11.6. The van der Waals surface area contributed by atoms with Gasteiger partial charge >= 0.3 is 5.97 Å². The lowest BCUT2D eigenvalue weighted by molar-refractivity contribution is -0.139. The molecule has 0 radical (unpaired) electrons. The monoisotopic (exact) mass is 416 g/mol. The Hall–Kier alpha value is -3.33. The maximum atomic E-state index is 13.7. The number of carbonyl (C=O) groups is 2. The van der Waals surface area contributed by atoms with Crippen LogP contribution in [0.25, 0.3) is 6.08 Å². The second kappa shape index (κ2) is 9.24. The molecule has 0 saturated carbocycles. The zero-order valence-electron chi connectivity index (χ0n) is 15.3. The van der Waals surface area contributed by atoms with Crippen molar-refractivity contribution in [1.29, 1.82) is 0 Å². The molecular formula is C20H17FN2O5S. The van der Waals surface area contributed by atoms with Crippen molar-refractivity contribution in [3.05, 3.63) is 58.8 Å². The van der Waals surface area contributed by atoms with Crippen LogP contribution >= 0.6 is 11.8 Å². The van der Waals surface area contributed by atoms with Crippen molar-refractivity contribution in [2.45, 2.75) is 6.92 Å². The molecule has 1 aliphatic heterocycles. The van der Waals surface area contributed by atoms with Gasteiger partial charge in [-0.05, 0) is 54.6 Å². The quantitative estimate of drug-likeness (QED) is 0.670. The van der Waals surface area contributed by atoms with Crippen molar-refractivity contribution in [2.24, 2.45) is 4.99 Å². The average molecular weight is 416 g/mol. The lowest BCUT2D eigenvalue weighted by Crippen LogP contribution is -2.19. The lowest BCUT2D eigenvalue weighted by Gasteiger charge is -2.11. The van der Waals surface area contributed by atoms with Crippen molar-refractivity contribution in [1.82, 2.24) is 5.32 Å². The SMILES string of the molecule is CCOc1cc(/C=C2/SC(=Nc3ccccc3F)NC2=O)ccc1OCC(=O)O. The van der Waals surface area contributed by atoms with Gasteiger partial charge in [-0.2, -0.15) is 0 Å². The molecule has 0 unspecified atom stereocenters. The fourth-order valence-electron chi connectivity index (χ4n) is 2.43. The number of para-hydroxylation sites is 1. The normalized spacial score (nSPS) is 16.1. The van der Waals surface area contributed by atoms with E-state index in [-0.39, 0.29) is 16.8 Å². The summed E-state index contributed by atoms with van der Waals surface area (Å²) in [6.07, 6.45) is 1.63. The zero-order chi connectivity index (χ0) is 20.8. The Morgan fingerprint density at radius 1 is 1.24 bits per heavy atom. The first-order valence-corrected chi connectivity index (χ1v) is 9.43. The van der Waals surface area contributed by atoms with E-state index < -0.39 is 18.4 Å². The number of thioether (sulfide) groups is 1. The summed E-state index contributed by atoms with van der Waals surface area (Å²) in [5.74, 6) is -1.27. The van der Waals surface area contributed by atoms with E-state index in [1.54, 1.807) is 43.3 Å². The molecule has 150 valence electrons. The zero-order valence-corrected chi connectivity index (χ0v) is 16.2. The highest BCUT2D eigenvalue weighted by Gasteiger charge is 2.24. The number of carboxylic acids is 1. The van der Waals surface area contributed by atoms with Crippen LogP contribution < -0.4 is 14.8 Å². The fourth-order valence-corrected chi connectivity index (χ4v) is 3.26. The van der Waals surface area contributed by atoms with Crippen LogP contribution in [0.5, 0.6) is 11.5 Å². The number of halogens is 1. The Bertz CT molecular complexity index is 1010. The van der Waals surface area contributed by atoms with Gasteiger partial charge in [0.2, 0.25) is 0 Å². The number of hydrogen-bond donors (Lipinski definition) is 2. The number of nitrogens with zero attached hydrogens (tertiary/aromatic N) is 1. The van der Waals surface area contributed by atoms with Crippen LogP contribution in [-0.4, -0.2) is 35.4 Å². The first-order valence-electron chi connectivity index (χ1n) is 8.62. The fraction of sp³-hybridized carbons (Fsp3) is 0.150. The Morgan fingerprint density at radius 3 is 2.76 bits per heavy atom. The van der Waals surface area contributed by atoms with Gasteiger partial charge in [0.25, 0.3) is 5.91 Å². The molecule has 0 bridgehead atoms. The molecule has 0 spiro atoms. The molecule has 2 N–H and O–H groups in total. The van der Waals surface area contributed by atoms with E-state index in [2.05, 4.69) is 10.3 Å². The van der Waals surface area contributed by atoms with Crippen molar-refractivity contribution >= 4 is 40.6 Å². The second-order valence-corrected chi connectivity index (χ2v) is 6.79. The molecule has 2 aromatic rings. The van der Waals surface area contributed by atoms with Crippen molar-refractivity contribution < 1.29 is 28.6 Å². The van der Waals surface area contributed by atoms with Gasteiger partial charge in [-0.15, -0.1) is 0 Å². The largest absolute Gasteiger partial charge is 0.490 e. The molecule has 1 amide bonds. The average Bonchev–Trinajstić information content (AvgIpc) is 3.02. The number of ether oxygens (including phenoxy) is 2. The molecule has 0 atom stereocenters. The third-order valence-corrected chi connectivity index (χ3v) is 4.55. The molecule has 2 aromatic carbocycles. The standard InChI is InChI=1S/C20H17FN2O5S/c1-2-27-16-9-12(7-8-15(16)28-11-18(24)25)10-17-19(26)23-20(29-17)22-14-6-4-3-5-13(14)21/h3-10H,2,11H2,1H3,(H,24,25)(H,22,23,26)/b17-10+. The van der Waals surface area contributed by atoms with Gasteiger partial charge in [0.15, 0.2) is 23.3 Å². The number of aliphatic imine (C=N–C) groups is 1. The number of nitrogens with one attached hydrogen (secondary N) is 1. The van der Waals surface area contributed by atoms with E-state index in [9.17, 15) is 14.0 Å². The summed E-state index contributed by atoms with van der Waals surface area (Å²) < 4.78 is 24.4. The van der Waals surface area contributed by atoms with Gasteiger partial charge in [-0.3, -0.25) is 4.79 Å². The number of hydrogen-bond acceptors (Lipinski definition) is 6. The Kier molecular flexibility index (Phi) is 6.50. The third kappa shape index (κ3) is 5.35. The van der Waals surface area contributed by atoms with Gasteiger partial charge in [0, 0.05) is 0 Å². The molecule has 1 aliphatic rings. The van der Waals surface area contributed by atoms with E-state index in [0.717, 1.165) is 11.8 Å². The van der Waals surface area contributed by atoms with Gasteiger partial charge in [0.05, 0.1) is 11.5 Å². The number of amides is 1. The molecule has 0 aliphatic carbocycles. The summed E-state index contributed by atoms with van der Waals surface area (Å²) in [6, 6.07) is 10.9. The molecule has 9 heteroatoms. The van der Waals surface area contributed by atoms with E-state index in [1.165, 1.54) is 12.1 Å². The van der Waals surface area contributed by atoms with Crippen LogP contribution in [0.3, 0.4) is 0 Å². The molecular weight excluding hydrogens is 399 g/mol. The van der Waals surface area contributed by atoms with E-state index in [0.29, 0.717) is 28.6 Å². The first-order chi connectivity index (χ1) is 14.0. The summed E-state index contributed by atoms with van der Waals surface area (Å²) in [4.78, 5) is 27.4. The lowest BCUT2D eigenvalue weighted by atomic mass is 10.2. The highest BCUT2D eigenvalue weighted by molar-refractivity contribution is 8.18. The van der Waals surface area contributed by atoms with Crippen LogP contribution in [0.4, 0.5) is 10.1 Å². The van der Waals surface area contributed by atoms with E-state index >= 15 is 0 Å². The maximum Gasteiger partial charge on any atom is 0.341 e. The van der Waals surface area contributed by atoms with Crippen LogP contribution in [0.2, 0.25) is 0 Å². The van der Waals surface area contributed by atoms with E-state index in [4.69, 9.17) is 14.6 Å². The van der Waals surface area contributed by atoms with Crippen LogP contribution in [0, 0.1) is 5.82 Å². The number of aliphatic carboxylic acids is 1. The molecule has 1 heterocycles. The number of carboxylic acid groups (broad SMARTS) is 1. The van der Waals surface area contributed by atoms with Gasteiger partial charge in [-0.1, -0.05) is 18.2 Å². The minimum atomic E-state index is -1.10. The highest BCUT2D eigenvalue weighted by Crippen LogP contribution is 2.32. The molecule has 0 aromatic heterocycles. The first kappa shape index (κ1) is 20.4. The number of rotatable bonds is 7. The molecule has 29 heavy (non-hydrogen) atoms. The van der Waals surface area contributed by atoms with E-state index in [1.807, 2.05) is 0 Å². The predicted octanol–water partition coefficient (Wildman–Crippen LogP) is 3.58. The Labute approximate surface area is 170 Å². The van der Waals surface area contributed by atoms with Crippen molar-refractivity contribution in [2.75, 3.05) is 13.2 Å². The summed E-state index contributed by atoms with van der Waals surface area (Å²) >= 11 is 1.09. The van der Waals surface area contributed by atoms with Gasteiger partial charge in [-0.25, -0.2) is 14.2 Å². The number of benzene rings is 2.